The molecule has 98 valence electrons. The smallest absolute Gasteiger partial charge is 0.779 e. The molecule has 3 nitrogen and oxygen atoms in total. The summed E-state index contributed by atoms with van der Waals surface area (Å²) in [5, 5.41) is 0. The van der Waals surface area contributed by atoms with Crippen LogP contribution >= 0.6 is 7.60 Å². The Labute approximate surface area is 128 Å². The van der Waals surface area contributed by atoms with Gasteiger partial charge in [0.15, 0.2) is 0 Å². The molecule has 0 amide bonds. The second kappa shape index (κ2) is 13.6. The van der Waals surface area contributed by atoms with E-state index in [0.29, 0.717) is 6.42 Å². The van der Waals surface area contributed by atoms with Crippen molar-refractivity contribution in [3.63, 3.8) is 0 Å². The minimum atomic E-state index is -3.99. The maximum absolute atomic E-state index is 10.5. The minimum absolute atomic E-state index is 0. The van der Waals surface area contributed by atoms with E-state index in [1.54, 1.807) is 0 Å². The summed E-state index contributed by atoms with van der Waals surface area (Å²) in [4.78, 5) is 19.0. The maximum atomic E-state index is 10.5. The number of hydrogen-bond acceptors (Lipinski definition) is 2. The minimum Gasteiger partial charge on any atom is -0.779 e. The van der Waals surface area contributed by atoms with Crippen LogP contribution in [0.5, 0.6) is 0 Å². The molecule has 0 aromatic heterocycles. The van der Waals surface area contributed by atoms with Crippen molar-refractivity contribution < 1.29 is 43.9 Å². The Morgan fingerprint density at radius 1 is 0.882 bits per heavy atom. The van der Waals surface area contributed by atoms with Gasteiger partial charge in [0.2, 0.25) is 0 Å². The van der Waals surface area contributed by atoms with Gasteiger partial charge in [-0.05, 0) is 6.42 Å². The summed E-state index contributed by atoms with van der Waals surface area (Å²) in [6.45, 7) is 2.22. The molecule has 0 saturated heterocycles. The van der Waals surface area contributed by atoms with E-state index in [-0.39, 0.29) is 35.7 Å². The van der Waals surface area contributed by atoms with Gasteiger partial charge in [-0.15, -0.1) is 0 Å². The molecule has 0 aliphatic carbocycles. The fraction of sp³-hybridized carbons (Fsp3) is 1.00. The van der Waals surface area contributed by atoms with Crippen LogP contribution in [-0.4, -0.2) is 11.1 Å². The van der Waals surface area contributed by atoms with Gasteiger partial charge in [0.05, 0.1) is 0 Å². The molecule has 0 aromatic rings. The Morgan fingerprint density at radius 2 is 1.24 bits per heavy atom. The molecule has 0 aromatic carbocycles. The molecule has 1 atom stereocenters. The zero-order valence-electron chi connectivity index (χ0n) is 11.5. The Hall–Kier alpha value is 1.15. The van der Waals surface area contributed by atoms with Crippen LogP contribution in [0.25, 0.3) is 0 Å². The first-order chi connectivity index (χ1) is 7.56. The largest absolute Gasteiger partial charge is 1.00 e. The first kappa shape index (κ1) is 20.5. The van der Waals surface area contributed by atoms with Crippen LogP contribution in [0.1, 0.15) is 71.1 Å². The molecule has 0 spiro atoms. The Balaban J connectivity index is 0. The Morgan fingerprint density at radius 3 is 1.59 bits per heavy atom. The molecule has 0 saturated carbocycles. The predicted molar refractivity (Wildman–Crippen MR) is 66.5 cm³/mol. The third-order valence-corrected chi connectivity index (χ3v) is 3.68. The van der Waals surface area contributed by atoms with E-state index in [4.69, 9.17) is 4.89 Å². The van der Waals surface area contributed by atoms with Crippen molar-refractivity contribution in [2.45, 2.75) is 71.1 Å². The van der Waals surface area contributed by atoms with Crippen molar-refractivity contribution in [3.05, 3.63) is 0 Å². The van der Waals surface area contributed by atoms with Crippen molar-refractivity contribution in [2.24, 2.45) is 0 Å². The van der Waals surface area contributed by atoms with E-state index in [0.717, 1.165) is 12.8 Å². The second-order valence-corrected chi connectivity index (χ2v) is 6.27. The van der Waals surface area contributed by atoms with E-state index in [1.807, 2.05) is 0 Å². The molecule has 0 fully saturated rings. The van der Waals surface area contributed by atoms with Crippen LogP contribution < -0.4 is 34.5 Å². The Kier molecular flexibility index (Phi) is 16.3. The van der Waals surface area contributed by atoms with Crippen LogP contribution in [0.4, 0.5) is 0 Å². The van der Waals surface area contributed by atoms with Crippen molar-refractivity contribution in [2.75, 3.05) is 6.16 Å². The molecule has 5 heteroatoms. The van der Waals surface area contributed by atoms with Crippen LogP contribution in [0.3, 0.4) is 0 Å². The van der Waals surface area contributed by atoms with Gasteiger partial charge in [0.1, 0.15) is 7.60 Å². The summed E-state index contributed by atoms with van der Waals surface area (Å²) in [5.74, 6) is 0. The van der Waals surface area contributed by atoms with Gasteiger partial charge in [-0.1, -0.05) is 64.7 Å². The van der Waals surface area contributed by atoms with Crippen molar-refractivity contribution >= 4 is 7.60 Å². The van der Waals surface area contributed by atoms with Crippen LogP contribution in [0, 0.1) is 0 Å². The molecular formula is C12H26NaO3P. The molecule has 1 unspecified atom stereocenters. The van der Waals surface area contributed by atoms with Gasteiger partial charge < -0.3 is 14.4 Å². The molecule has 0 rings (SSSR count). The van der Waals surface area contributed by atoms with E-state index < -0.39 is 7.60 Å². The molecule has 0 aliphatic rings. The standard InChI is InChI=1S/C12H27O3P.Na/c1-2-3-4-5-6-7-8-9-10-11-12-16(13,14)15;/h2-12H2,1H3,(H2,13,14,15);/q;+1/p-1. The predicted octanol–water partition coefficient (Wildman–Crippen LogP) is 0.457. The number of unbranched alkanes of at least 4 members (excludes halogenated alkanes) is 9. The molecule has 1 N–H and O–H groups in total. The van der Waals surface area contributed by atoms with E-state index in [2.05, 4.69) is 6.92 Å². The van der Waals surface area contributed by atoms with Gasteiger partial charge in [0, 0.05) is 6.16 Å². The fourth-order valence-electron chi connectivity index (χ4n) is 1.80. The van der Waals surface area contributed by atoms with Crippen LogP contribution in [0.2, 0.25) is 0 Å². The number of rotatable bonds is 11. The van der Waals surface area contributed by atoms with E-state index >= 15 is 0 Å². The quantitative estimate of drug-likeness (QED) is 0.338. The summed E-state index contributed by atoms with van der Waals surface area (Å²) in [5.41, 5.74) is 0. The van der Waals surface area contributed by atoms with Crippen molar-refractivity contribution in [1.82, 2.24) is 0 Å². The fourth-order valence-corrected chi connectivity index (χ4v) is 2.42. The summed E-state index contributed by atoms with van der Waals surface area (Å²) in [6.07, 6.45) is 11.6. The molecule has 0 aliphatic heterocycles. The van der Waals surface area contributed by atoms with Crippen LogP contribution in [0.15, 0.2) is 0 Å². The first-order valence-corrected chi connectivity index (χ1v) is 8.35. The SMILES string of the molecule is CCCCCCCCCCCCP(=O)([O-])O.[Na+]. The normalized spacial score (nSPS) is 14.1. The van der Waals surface area contributed by atoms with Gasteiger partial charge in [-0.3, -0.25) is 0 Å². The second-order valence-electron chi connectivity index (χ2n) is 4.54. The van der Waals surface area contributed by atoms with Crippen LogP contribution in [-0.2, 0) is 4.57 Å². The molecule has 0 radical (unpaired) electrons. The van der Waals surface area contributed by atoms with E-state index in [9.17, 15) is 9.46 Å². The monoisotopic (exact) mass is 272 g/mol. The topological polar surface area (TPSA) is 60.4 Å². The zero-order valence-corrected chi connectivity index (χ0v) is 14.4. The van der Waals surface area contributed by atoms with Gasteiger partial charge in [-0.2, -0.15) is 0 Å². The Bertz CT molecular complexity index is 194. The molecule has 0 heterocycles. The van der Waals surface area contributed by atoms with E-state index in [1.165, 1.54) is 44.9 Å². The summed E-state index contributed by atoms with van der Waals surface area (Å²) in [6, 6.07) is 0. The first-order valence-electron chi connectivity index (χ1n) is 6.59. The maximum Gasteiger partial charge on any atom is 1.00 e. The molecular weight excluding hydrogens is 246 g/mol. The summed E-state index contributed by atoms with van der Waals surface area (Å²) < 4.78 is 10.5. The summed E-state index contributed by atoms with van der Waals surface area (Å²) in [7, 11) is -3.99. The van der Waals surface area contributed by atoms with Crippen molar-refractivity contribution in [1.29, 1.82) is 0 Å². The molecule has 17 heavy (non-hydrogen) atoms. The van der Waals surface area contributed by atoms with Crippen molar-refractivity contribution in [3.8, 4) is 0 Å². The third-order valence-electron chi connectivity index (χ3n) is 2.79. The molecule has 0 bridgehead atoms. The average molecular weight is 272 g/mol. The zero-order chi connectivity index (χ0) is 12.3. The third kappa shape index (κ3) is 19.7. The van der Waals surface area contributed by atoms with Gasteiger partial charge in [-0.25, -0.2) is 0 Å². The van der Waals surface area contributed by atoms with Gasteiger partial charge >= 0.3 is 29.6 Å². The van der Waals surface area contributed by atoms with Gasteiger partial charge in [0.25, 0.3) is 0 Å². The summed E-state index contributed by atoms with van der Waals surface area (Å²) >= 11 is 0. The average Bonchev–Trinajstić information content (AvgIpc) is 2.19. The number of hydrogen-bond donors (Lipinski definition) is 1.